The van der Waals surface area contributed by atoms with Crippen molar-refractivity contribution in [3.63, 3.8) is 0 Å². The van der Waals surface area contributed by atoms with E-state index < -0.39 is 0 Å². The molecule has 1 aliphatic heterocycles. The molecule has 2 aromatic rings. The van der Waals surface area contributed by atoms with Gasteiger partial charge in [-0.1, -0.05) is 0 Å². The molecule has 1 aliphatic rings. The number of benzene rings is 1. The van der Waals surface area contributed by atoms with Crippen molar-refractivity contribution >= 4 is 21.1 Å². The van der Waals surface area contributed by atoms with Crippen molar-refractivity contribution in [2.24, 2.45) is 0 Å². The predicted octanol–water partition coefficient (Wildman–Crippen LogP) is 2.44. The van der Waals surface area contributed by atoms with E-state index >= 15 is 0 Å². The minimum absolute atomic E-state index is 1.04. The van der Waals surface area contributed by atoms with E-state index in [0.29, 0.717) is 0 Å². The fourth-order valence-electron chi connectivity index (χ4n) is 3.58. The molecule has 4 nitrogen and oxygen atoms in total. The SMILES string of the molecule is CN[C](=[V])N1CCN(c2cc(C)nc3c(C)cc(C)c(C)c23)CC1. The van der Waals surface area contributed by atoms with Crippen LogP contribution < -0.4 is 10.2 Å². The monoisotopic (exact) mass is 361 g/mol. The third kappa shape index (κ3) is 3.16. The number of aryl methyl sites for hydroxylation is 4. The summed E-state index contributed by atoms with van der Waals surface area (Å²) in [5.74, 6) is 0. The molecule has 0 spiro atoms. The van der Waals surface area contributed by atoms with Crippen molar-refractivity contribution in [3.8, 4) is 0 Å². The summed E-state index contributed by atoms with van der Waals surface area (Å²) in [5, 5.41) is 4.57. The molecule has 1 fully saturated rings. The molecular formula is C19H26N4V. The van der Waals surface area contributed by atoms with Crippen molar-refractivity contribution < 1.29 is 17.0 Å². The van der Waals surface area contributed by atoms with E-state index in [1.54, 1.807) is 0 Å². The van der Waals surface area contributed by atoms with Crippen LogP contribution in [-0.4, -0.2) is 47.6 Å². The second kappa shape index (κ2) is 6.97. The molecule has 2 heterocycles. The van der Waals surface area contributed by atoms with E-state index in [-0.39, 0.29) is 0 Å². The van der Waals surface area contributed by atoms with Gasteiger partial charge in [0.05, 0.1) is 0 Å². The van der Waals surface area contributed by atoms with Crippen LogP contribution in [0.15, 0.2) is 12.1 Å². The molecule has 1 aromatic heterocycles. The Morgan fingerprint density at radius 1 is 1.04 bits per heavy atom. The molecule has 0 atom stereocenters. The van der Waals surface area contributed by atoms with Crippen LogP contribution in [0.1, 0.15) is 22.4 Å². The zero-order valence-corrected chi connectivity index (χ0v) is 16.7. The van der Waals surface area contributed by atoms with Crippen LogP contribution in [-0.2, 0) is 17.0 Å². The molecule has 0 bridgehead atoms. The van der Waals surface area contributed by atoms with E-state index in [2.05, 4.69) is 71.9 Å². The average Bonchev–Trinajstić information content (AvgIpc) is 2.58. The van der Waals surface area contributed by atoms with Crippen LogP contribution in [0.3, 0.4) is 0 Å². The Bertz CT molecular complexity index is 792. The van der Waals surface area contributed by atoms with Crippen LogP contribution in [0.5, 0.6) is 0 Å². The Hall–Kier alpha value is -1.20. The average molecular weight is 361 g/mol. The van der Waals surface area contributed by atoms with E-state index in [0.717, 1.165) is 37.4 Å². The van der Waals surface area contributed by atoms with E-state index in [1.807, 2.05) is 7.05 Å². The van der Waals surface area contributed by atoms with Crippen molar-refractivity contribution in [2.75, 3.05) is 38.1 Å². The summed E-state index contributed by atoms with van der Waals surface area (Å²) in [5.41, 5.74) is 7.58. The summed E-state index contributed by atoms with van der Waals surface area (Å²) < 4.78 is 1.20. The molecule has 0 unspecified atom stereocenters. The van der Waals surface area contributed by atoms with Crippen LogP contribution >= 0.6 is 0 Å². The van der Waals surface area contributed by atoms with E-state index in [1.165, 1.54) is 32.2 Å². The first-order chi connectivity index (χ1) is 11.4. The molecule has 0 saturated carbocycles. The van der Waals surface area contributed by atoms with Gasteiger partial charge in [-0.2, -0.15) is 0 Å². The quantitative estimate of drug-likeness (QED) is 0.910. The van der Waals surface area contributed by atoms with Gasteiger partial charge in [-0.05, 0) is 0 Å². The van der Waals surface area contributed by atoms with Gasteiger partial charge in [-0.25, -0.2) is 0 Å². The molecule has 24 heavy (non-hydrogen) atoms. The standard InChI is InChI=1S/C19H26N4.V/c1-13-10-14(2)19-18(16(13)4)17(11-15(3)21-19)23-8-6-22(7-9-23)12-20-5;/h10-11,20H,6-9H2,1-5H3;. The Morgan fingerprint density at radius 3 is 2.33 bits per heavy atom. The van der Waals surface area contributed by atoms with Gasteiger partial charge in [0, 0.05) is 0 Å². The van der Waals surface area contributed by atoms with Crippen molar-refractivity contribution in [2.45, 2.75) is 27.7 Å². The minimum atomic E-state index is 1.04. The van der Waals surface area contributed by atoms with Gasteiger partial charge in [0.1, 0.15) is 0 Å². The molecular weight excluding hydrogens is 335 g/mol. The first kappa shape index (κ1) is 17.6. The second-order valence-electron chi connectivity index (χ2n) is 6.69. The first-order valence-electron chi connectivity index (χ1n) is 8.54. The zero-order valence-electron chi connectivity index (χ0n) is 15.3. The number of hydrogen-bond donors (Lipinski definition) is 1. The van der Waals surface area contributed by atoms with Gasteiger partial charge in [0.15, 0.2) is 0 Å². The van der Waals surface area contributed by atoms with Gasteiger partial charge in [0.2, 0.25) is 0 Å². The normalized spacial score (nSPS) is 15.9. The molecule has 1 saturated heterocycles. The summed E-state index contributed by atoms with van der Waals surface area (Å²) >= 11 is 2.63. The maximum absolute atomic E-state index is 4.84. The fourth-order valence-corrected chi connectivity index (χ4v) is 3.89. The topological polar surface area (TPSA) is 31.4 Å². The number of pyridine rings is 1. The molecule has 0 radical (unpaired) electrons. The van der Waals surface area contributed by atoms with Crippen LogP contribution in [0.2, 0.25) is 0 Å². The number of nitrogens with zero attached hydrogens (tertiary/aromatic N) is 3. The third-order valence-electron chi connectivity index (χ3n) is 5.04. The van der Waals surface area contributed by atoms with Gasteiger partial charge in [0.25, 0.3) is 0 Å². The van der Waals surface area contributed by atoms with Crippen LogP contribution in [0.25, 0.3) is 10.9 Å². The Labute approximate surface area is 153 Å². The molecule has 3 rings (SSSR count). The number of hydrogen-bond acceptors (Lipinski definition) is 4. The number of aromatic nitrogens is 1. The second-order valence-corrected chi connectivity index (χ2v) is 7.35. The number of nitrogens with one attached hydrogen (secondary N) is 1. The van der Waals surface area contributed by atoms with Gasteiger partial charge in [-0.15, -0.1) is 0 Å². The molecule has 127 valence electrons. The molecule has 0 aliphatic carbocycles. The van der Waals surface area contributed by atoms with Crippen molar-refractivity contribution in [1.29, 1.82) is 0 Å². The maximum atomic E-state index is 4.84. The predicted molar refractivity (Wildman–Crippen MR) is 98.5 cm³/mol. The van der Waals surface area contributed by atoms with Crippen molar-refractivity contribution in [3.05, 3.63) is 34.5 Å². The molecule has 1 N–H and O–H groups in total. The summed E-state index contributed by atoms with van der Waals surface area (Å²) in [6.07, 6.45) is 0. The summed E-state index contributed by atoms with van der Waals surface area (Å²) in [6.45, 7) is 12.9. The Balaban J connectivity index is 2.03. The van der Waals surface area contributed by atoms with Gasteiger partial charge >= 0.3 is 154 Å². The summed E-state index contributed by atoms with van der Waals surface area (Å²) in [4.78, 5) is 9.76. The Kier molecular flexibility index (Phi) is 5.12. The molecule has 5 heteroatoms. The van der Waals surface area contributed by atoms with Crippen LogP contribution in [0, 0.1) is 27.7 Å². The van der Waals surface area contributed by atoms with Gasteiger partial charge < -0.3 is 0 Å². The van der Waals surface area contributed by atoms with E-state index in [9.17, 15) is 0 Å². The number of fused-ring (bicyclic) bond motifs is 1. The Morgan fingerprint density at radius 2 is 1.71 bits per heavy atom. The van der Waals surface area contributed by atoms with Gasteiger partial charge in [-0.3, -0.25) is 0 Å². The molecule has 0 amide bonds. The summed E-state index contributed by atoms with van der Waals surface area (Å²) in [7, 11) is 1.98. The third-order valence-corrected chi connectivity index (χ3v) is 5.83. The number of anilines is 1. The first-order valence-corrected chi connectivity index (χ1v) is 9.24. The summed E-state index contributed by atoms with van der Waals surface area (Å²) in [6, 6.07) is 4.52. The van der Waals surface area contributed by atoms with Crippen molar-refractivity contribution in [1.82, 2.24) is 15.2 Å². The van der Waals surface area contributed by atoms with Crippen LogP contribution in [0.4, 0.5) is 5.69 Å². The van der Waals surface area contributed by atoms with E-state index in [4.69, 9.17) is 4.98 Å². The molecule has 1 aromatic carbocycles. The fraction of sp³-hybridized carbons (Fsp3) is 0.474. The number of piperazine rings is 1. The zero-order chi connectivity index (χ0) is 17.4. The number of rotatable bonds is 3.